The lowest BCUT2D eigenvalue weighted by Crippen LogP contribution is -2.39. The van der Waals surface area contributed by atoms with Gasteiger partial charge in [0.2, 0.25) is 5.91 Å². The molecule has 0 N–H and O–H groups in total. The van der Waals surface area contributed by atoms with Crippen molar-refractivity contribution in [3.05, 3.63) is 11.3 Å². The molecule has 0 aliphatic carbocycles. The SMILES string of the molecule is CCCC(C)(C)C1=C(C(C)(C)C)N(C(=O)CN(C)C)CC1. The fourth-order valence-electron chi connectivity index (χ4n) is 3.51. The summed E-state index contributed by atoms with van der Waals surface area (Å²) in [4.78, 5) is 16.6. The number of nitrogens with zero attached hydrogens (tertiary/aromatic N) is 2. The summed E-state index contributed by atoms with van der Waals surface area (Å²) in [5, 5.41) is 0. The molecule has 3 nitrogen and oxygen atoms in total. The summed E-state index contributed by atoms with van der Waals surface area (Å²) in [6.45, 7) is 14.9. The van der Waals surface area contributed by atoms with Crippen LogP contribution in [0.15, 0.2) is 11.3 Å². The van der Waals surface area contributed by atoms with Crippen LogP contribution in [0.4, 0.5) is 0 Å². The van der Waals surface area contributed by atoms with Crippen LogP contribution in [-0.2, 0) is 4.79 Å². The fraction of sp³-hybridized carbons (Fsp3) is 0.833. The van der Waals surface area contributed by atoms with Crippen molar-refractivity contribution in [1.82, 2.24) is 9.80 Å². The normalized spacial score (nSPS) is 17.1. The maximum Gasteiger partial charge on any atom is 0.240 e. The van der Waals surface area contributed by atoms with Crippen LogP contribution in [-0.4, -0.2) is 42.9 Å². The maximum atomic E-state index is 12.6. The second-order valence-electron chi connectivity index (χ2n) is 8.24. The van der Waals surface area contributed by atoms with E-state index in [1.165, 1.54) is 24.1 Å². The molecular weight excluding hydrogens is 260 g/mol. The van der Waals surface area contributed by atoms with Gasteiger partial charge in [-0.2, -0.15) is 0 Å². The van der Waals surface area contributed by atoms with E-state index in [1.54, 1.807) is 0 Å². The van der Waals surface area contributed by atoms with Gasteiger partial charge in [-0.1, -0.05) is 48.0 Å². The third-order valence-corrected chi connectivity index (χ3v) is 4.30. The first kappa shape index (κ1) is 18.2. The number of allylic oxidation sites excluding steroid dienone is 1. The van der Waals surface area contributed by atoms with E-state index in [0.29, 0.717) is 6.54 Å². The zero-order valence-corrected chi connectivity index (χ0v) is 15.3. The van der Waals surface area contributed by atoms with E-state index in [-0.39, 0.29) is 16.7 Å². The van der Waals surface area contributed by atoms with E-state index < -0.39 is 0 Å². The van der Waals surface area contributed by atoms with Crippen molar-refractivity contribution < 1.29 is 4.79 Å². The predicted molar refractivity (Wildman–Crippen MR) is 90.1 cm³/mol. The molecule has 0 saturated carbocycles. The molecule has 1 aliphatic rings. The number of carbonyl (C=O) groups excluding carboxylic acids is 1. The van der Waals surface area contributed by atoms with Gasteiger partial charge in [0.15, 0.2) is 0 Å². The highest BCUT2D eigenvalue weighted by Crippen LogP contribution is 2.46. The third kappa shape index (κ3) is 4.32. The maximum absolute atomic E-state index is 12.6. The van der Waals surface area contributed by atoms with Crippen LogP contribution in [0.2, 0.25) is 0 Å². The van der Waals surface area contributed by atoms with Gasteiger partial charge in [-0.3, -0.25) is 4.79 Å². The molecule has 1 amide bonds. The van der Waals surface area contributed by atoms with E-state index in [0.717, 1.165) is 13.0 Å². The molecule has 0 radical (unpaired) electrons. The highest BCUT2D eigenvalue weighted by Gasteiger charge is 2.39. The first-order valence-corrected chi connectivity index (χ1v) is 8.20. The molecule has 0 unspecified atom stereocenters. The molecule has 0 fully saturated rings. The van der Waals surface area contributed by atoms with Gasteiger partial charge in [-0.25, -0.2) is 0 Å². The average molecular weight is 294 g/mol. The zero-order valence-electron chi connectivity index (χ0n) is 15.3. The van der Waals surface area contributed by atoms with E-state index in [9.17, 15) is 4.79 Å². The van der Waals surface area contributed by atoms with Gasteiger partial charge in [0.1, 0.15) is 0 Å². The van der Waals surface area contributed by atoms with Crippen molar-refractivity contribution in [3.8, 4) is 0 Å². The molecule has 0 aromatic heterocycles. The van der Waals surface area contributed by atoms with Gasteiger partial charge in [-0.05, 0) is 37.9 Å². The Morgan fingerprint density at radius 2 is 1.76 bits per heavy atom. The third-order valence-electron chi connectivity index (χ3n) is 4.30. The second kappa shape index (κ2) is 6.51. The minimum atomic E-state index is 0.0127. The number of amides is 1. The average Bonchev–Trinajstić information content (AvgIpc) is 2.72. The van der Waals surface area contributed by atoms with Gasteiger partial charge in [-0.15, -0.1) is 0 Å². The van der Waals surface area contributed by atoms with Crippen molar-refractivity contribution in [2.75, 3.05) is 27.2 Å². The van der Waals surface area contributed by atoms with Crippen LogP contribution in [0.1, 0.15) is 60.8 Å². The van der Waals surface area contributed by atoms with Crippen LogP contribution in [0, 0.1) is 10.8 Å². The molecule has 1 heterocycles. The topological polar surface area (TPSA) is 23.6 Å². The molecule has 0 aromatic rings. The Balaban J connectivity index is 3.20. The first-order chi connectivity index (χ1) is 9.50. The standard InChI is InChI=1S/C18H34N2O/c1-9-11-18(5,6)14-10-12-20(15(21)13-19(7)8)16(14)17(2,3)4/h9-13H2,1-8H3. The van der Waals surface area contributed by atoms with E-state index in [1.807, 2.05) is 23.9 Å². The first-order valence-electron chi connectivity index (χ1n) is 8.20. The van der Waals surface area contributed by atoms with Gasteiger partial charge in [0, 0.05) is 17.7 Å². The molecule has 21 heavy (non-hydrogen) atoms. The molecule has 0 aromatic carbocycles. The molecule has 0 bridgehead atoms. The molecular formula is C18H34N2O. The summed E-state index contributed by atoms with van der Waals surface area (Å²) in [6, 6.07) is 0. The Labute approximate surface area is 131 Å². The Bertz CT molecular complexity index is 413. The number of rotatable bonds is 5. The Morgan fingerprint density at radius 3 is 2.19 bits per heavy atom. The monoisotopic (exact) mass is 294 g/mol. The highest BCUT2D eigenvalue weighted by atomic mass is 16.2. The van der Waals surface area contributed by atoms with Gasteiger partial charge in [0.25, 0.3) is 0 Å². The van der Waals surface area contributed by atoms with Gasteiger partial charge in [0.05, 0.1) is 6.54 Å². The molecule has 0 atom stereocenters. The minimum Gasteiger partial charge on any atom is -0.314 e. The summed E-state index contributed by atoms with van der Waals surface area (Å²) in [6.07, 6.45) is 3.38. The van der Waals surface area contributed by atoms with E-state index in [2.05, 4.69) is 41.5 Å². The quantitative estimate of drug-likeness (QED) is 0.767. The smallest absolute Gasteiger partial charge is 0.240 e. The fourth-order valence-corrected chi connectivity index (χ4v) is 3.51. The van der Waals surface area contributed by atoms with Crippen LogP contribution in [0.25, 0.3) is 0 Å². The van der Waals surface area contributed by atoms with Crippen molar-refractivity contribution >= 4 is 5.91 Å². The predicted octanol–water partition coefficient (Wildman–Crippen LogP) is 3.91. The molecule has 1 rings (SSSR count). The number of likely N-dealkylation sites (N-methyl/N-ethyl adjacent to an activating group) is 1. The Hall–Kier alpha value is -0.830. The number of hydrogen-bond donors (Lipinski definition) is 0. The summed E-state index contributed by atoms with van der Waals surface area (Å²) < 4.78 is 0. The van der Waals surface area contributed by atoms with Crippen LogP contribution in [0.3, 0.4) is 0 Å². The molecule has 0 spiro atoms. The molecule has 122 valence electrons. The lowest BCUT2D eigenvalue weighted by atomic mass is 9.75. The molecule has 1 aliphatic heterocycles. The summed E-state index contributed by atoms with van der Waals surface area (Å²) in [5.74, 6) is 0.229. The van der Waals surface area contributed by atoms with E-state index in [4.69, 9.17) is 0 Å². The lowest BCUT2D eigenvalue weighted by Gasteiger charge is -2.35. The summed E-state index contributed by atoms with van der Waals surface area (Å²) in [7, 11) is 3.91. The summed E-state index contributed by atoms with van der Waals surface area (Å²) >= 11 is 0. The van der Waals surface area contributed by atoms with Gasteiger partial charge < -0.3 is 9.80 Å². The highest BCUT2D eigenvalue weighted by molar-refractivity contribution is 5.81. The van der Waals surface area contributed by atoms with Crippen LogP contribution in [0.5, 0.6) is 0 Å². The lowest BCUT2D eigenvalue weighted by molar-refractivity contribution is -0.130. The van der Waals surface area contributed by atoms with Crippen molar-refractivity contribution in [3.63, 3.8) is 0 Å². The van der Waals surface area contributed by atoms with Crippen LogP contribution >= 0.6 is 0 Å². The van der Waals surface area contributed by atoms with Crippen molar-refractivity contribution in [1.29, 1.82) is 0 Å². The minimum absolute atomic E-state index is 0.0127. The number of carbonyl (C=O) groups is 1. The van der Waals surface area contributed by atoms with Crippen molar-refractivity contribution in [2.24, 2.45) is 10.8 Å². The Kier molecular flexibility index (Phi) is 5.65. The molecule has 0 saturated heterocycles. The molecule has 3 heteroatoms. The second-order valence-corrected chi connectivity index (χ2v) is 8.24. The summed E-state index contributed by atoms with van der Waals surface area (Å²) in [5.41, 5.74) is 2.96. The van der Waals surface area contributed by atoms with Crippen LogP contribution < -0.4 is 0 Å². The zero-order chi connectivity index (χ0) is 16.4. The largest absolute Gasteiger partial charge is 0.314 e. The Morgan fingerprint density at radius 1 is 1.19 bits per heavy atom. The van der Waals surface area contributed by atoms with Crippen molar-refractivity contribution in [2.45, 2.75) is 60.8 Å². The van der Waals surface area contributed by atoms with E-state index >= 15 is 0 Å². The number of hydrogen-bond acceptors (Lipinski definition) is 2. The van der Waals surface area contributed by atoms with Gasteiger partial charge >= 0.3 is 0 Å².